The van der Waals surface area contributed by atoms with E-state index in [2.05, 4.69) is 26.1 Å². The molecule has 0 radical (unpaired) electrons. The molecule has 2 aromatic carbocycles. The summed E-state index contributed by atoms with van der Waals surface area (Å²) in [5.74, 6) is 1.90. The second kappa shape index (κ2) is 7.39. The van der Waals surface area contributed by atoms with Gasteiger partial charge in [-0.3, -0.25) is 4.98 Å². The molecule has 7 heteroatoms. The first-order valence-corrected chi connectivity index (χ1v) is 10.8. The lowest BCUT2D eigenvalue weighted by Gasteiger charge is -2.46. The number of hydrogen-bond acceptors (Lipinski definition) is 5. The maximum atomic E-state index is 15.9. The number of fused-ring (bicyclic) bond motifs is 3. The zero-order valence-corrected chi connectivity index (χ0v) is 17.9. The third-order valence-electron chi connectivity index (χ3n) is 6.80. The highest BCUT2D eigenvalue weighted by Gasteiger charge is 2.43. The molecule has 2 fully saturated rings. The van der Waals surface area contributed by atoms with Crippen molar-refractivity contribution in [2.75, 3.05) is 25.1 Å². The smallest absolute Gasteiger partial charge is 0.175 e. The molecule has 0 saturated carbocycles. The highest BCUT2D eigenvalue weighted by molar-refractivity contribution is 6.03. The number of aromatic nitrogens is 2. The van der Waals surface area contributed by atoms with Crippen molar-refractivity contribution in [1.29, 1.82) is 0 Å². The Kier molecular flexibility index (Phi) is 4.46. The molecule has 5 nitrogen and oxygen atoms in total. The van der Waals surface area contributed by atoms with E-state index in [1.54, 1.807) is 37.7 Å². The summed E-state index contributed by atoms with van der Waals surface area (Å²) in [6.45, 7) is 1.78. The van der Waals surface area contributed by atoms with E-state index in [9.17, 15) is 4.39 Å². The average molecular weight is 442 g/mol. The number of rotatable bonds is 3. The number of methoxy groups -OCH3 is 1. The Labute approximate surface area is 189 Å². The molecule has 0 amide bonds. The maximum absolute atomic E-state index is 15.9. The quantitative estimate of drug-likeness (QED) is 0.481. The maximum Gasteiger partial charge on any atom is 0.175 e. The van der Waals surface area contributed by atoms with E-state index in [0.717, 1.165) is 25.2 Å². The molecule has 0 unspecified atom stereocenters. The summed E-state index contributed by atoms with van der Waals surface area (Å²) in [7, 11) is 1.58. The molecule has 4 aromatic rings. The minimum absolute atomic E-state index is 0.0860. The molecule has 2 atom stereocenters. The summed E-state index contributed by atoms with van der Waals surface area (Å²) in [6.07, 6.45) is 9.79. The van der Waals surface area contributed by atoms with Gasteiger partial charge in [-0.15, -0.1) is 6.42 Å². The Morgan fingerprint density at radius 3 is 2.85 bits per heavy atom. The molecule has 0 spiro atoms. The van der Waals surface area contributed by atoms with Crippen molar-refractivity contribution in [2.45, 2.75) is 18.5 Å². The van der Waals surface area contributed by atoms with Crippen LogP contribution in [0.5, 0.6) is 5.75 Å². The van der Waals surface area contributed by atoms with E-state index in [1.165, 1.54) is 6.07 Å². The Balaban J connectivity index is 1.58. The number of terminal acetylenes is 1. The van der Waals surface area contributed by atoms with Gasteiger partial charge in [0.2, 0.25) is 0 Å². The normalized spacial score (nSPS) is 19.4. The Morgan fingerprint density at radius 2 is 2.06 bits per heavy atom. The van der Waals surface area contributed by atoms with Gasteiger partial charge in [-0.05, 0) is 24.4 Å². The van der Waals surface area contributed by atoms with Gasteiger partial charge in [0.05, 0.1) is 24.6 Å². The monoisotopic (exact) mass is 442 g/mol. The number of anilines is 1. The molecular formula is C26H20F2N4O. The van der Waals surface area contributed by atoms with Gasteiger partial charge in [0.25, 0.3) is 0 Å². The third-order valence-corrected chi connectivity index (χ3v) is 6.80. The summed E-state index contributed by atoms with van der Waals surface area (Å²) in [6, 6.07) is 9.02. The van der Waals surface area contributed by atoms with Gasteiger partial charge in [0, 0.05) is 41.2 Å². The number of benzene rings is 2. The lowest BCUT2D eigenvalue weighted by molar-refractivity contribution is 0.377. The predicted octanol–water partition coefficient (Wildman–Crippen LogP) is 4.27. The van der Waals surface area contributed by atoms with Crippen LogP contribution in [0, 0.1) is 24.0 Å². The Bertz CT molecular complexity index is 1480. The van der Waals surface area contributed by atoms with Crippen molar-refractivity contribution in [2.24, 2.45) is 0 Å². The van der Waals surface area contributed by atoms with Crippen molar-refractivity contribution >= 4 is 27.4 Å². The van der Waals surface area contributed by atoms with Gasteiger partial charge in [-0.2, -0.15) is 0 Å². The largest absolute Gasteiger partial charge is 0.493 e. The Morgan fingerprint density at radius 1 is 1.18 bits per heavy atom. The van der Waals surface area contributed by atoms with Crippen LogP contribution in [0.2, 0.25) is 0 Å². The number of nitrogens with one attached hydrogen (secondary N) is 1. The zero-order chi connectivity index (χ0) is 22.7. The van der Waals surface area contributed by atoms with Gasteiger partial charge < -0.3 is 15.0 Å². The standard InChI is InChI=1S/C26H20F2N4O/c1-3-15-18(27)8-7-14-5-4-6-16(22(14)15)24-23(28)25-17(11-30-24)26(21(33-2)12-31-25)32-13-19-20(32)9-10-29-19/h1,4-8,11-12,19-20,29H,9-10,13H2,2H3/t19-,20-/m1/s1. The highest BCUT2D eigenvalue weighted by Crippen LogP contribution is 2.43. The van der Waals surface area contributed by atoms with Crippen molar-refractivity contribution in [3.8, 4) is 29.4 Å². The van der Waals surface area contributed by atoms with Crippen molar-refractivity contribution in [1.82, 2.24) is 15.3 Å². The molecule has 6 rings (SSSR count). The first kappa shape index (κ1) is 19.9. The van der Waals surface area contributed by atoms with Crippen LogP contribution < -0.4 is 15.0 Å². The Hall–Kier alpha value is -3.76. The molecular weight excluding hydrogens is 422 g/mol. The van der Waals surface area contributed by atoms with Gasteiger partial charge >= 0.3 is 0 Å². The topological polar surface area (TPSA) is 50.3 Å². The van der Waals surface area contributed by atoms with Crippen LogP contribution in [0.25, 0.3) is 32.9 Å². The summed E-state index contributed by atoms with van der Waals surface area (Å²) >= 11 is 0. The first-order valence-electron chi connectivity index (χ1n) is 10.8. The summed E-state index contributed by atoms with van der Waals surface area (Å²) in [5.41, 5.74) is 1.61. The number of hydrogen-bond donors (Lipinski definition) is 1. The molecule has 2 aromatic heterocycles. The minimum atomic E-state index is -0.572. The van der Waals surface area contributed by atoms with Crippen molar-refractivity contribution in [3.05, 3.63) is 59.9 Å². The molecule has 2 aliphatic heterocycles. The second-order valence-electron chi connectivity index (χ2n) is 8.40. The number of ether oxygens (including phenoxy) is 1. The van der Waals surface area contributed by atoms with E-state index in [1.807, 2.05) is 6.07 Å². The summed E-state index contributed by atoms with van der Waals surface area (Å²) in [5, 5.41) is 5.24. The van der Waals surface area contributed by atoms with E-state index in [4.69, 9.17) is 11.2 Å². The molecule has 1 N–H and O–H groups in total. The van der Waals surface area contributed by atoms with Crippen LogP contribution >= 0.6 is 0 Å². The number of halogens is 2. The van der Waals surface area contributed by atoms with Crippen molar-refractivity contribution in [3.63, 3.8) is 0 Å². The summed E-state index contributed by atoms with van der Waals surface area (Å²) < 4.78 is 36.0. The summed E-state index contributed by atoms with van der Waals surface area (Å²) in [4.78, 5) is 11.1. The van der Waals surface area contributed by atoms with Gasteiger partial charge in [-0.25, -0.2) is 13.8 Å². The number of pyridine rings is 2. The van der Waals surface area contributed by atoms with Crippen LogP contribution in [0.15, 0.2) is 42.7 Å². The van der Waals surface area contributed by atoms with Crippen LogP contribution in [0.3, 0.4) is 0 Å². The minimum Gasteiger partial charge on any atom is -0.493 e. The van der Waals surface area contributed by atoms with Crippen LogP contribution in [0.1, 0.15) is 12.0 Å². The fourth-order valence-corrected chi connectivity index (χ4v) is 5.20. The SMILES string of the molecule is C#Cc1c(F)ccc2cccc(-c3ncc4c(N5C[C@H]6NCC[C@H]65)c(OC)cnc4c3F)c12. The van der Waals surface area contributed by atoms with Crippen molar-refractivity contribution < 1.29 is 13.5 Å². The third kappa shape index (κ3) is 2.81. The molecule has 4 heterocycles. The highest BCUT2D eigenvalue weighted by atomic mass is 19.1. The molecule has 33 heavy (non-hydrogen) atoms. The van der Waals surface area contributed by atoms with E-state index in [-0.39, 0.29) is 16.8 Å². The lowest BCUT2D eigenvalue weighted by Crippen LogP contribution is -2.61. The molecule has 0 bridgehead atoms. The van der Waals surface area contributed by atoms with E-state index < -0.39 is 11.6 Å². The second-order valence-corrected chi connectivity index (χ2v) is 8.40. The predicted molar refractivity (Wildman–Crippen MR) is 124 cm³/mol. The van der Waals surface area contributed by atoms with Gasteiger partial charge in [-0.1, -0.05) is 30.2 Å². The van der Waals surface area contributed by atoms with E-state index in [0.29, 0.717) is 39.6 Å². The van der Waals surface area contributed by atoms with E-state index >= 15 is 4.39 Å². The van der Waals surface area contributed by atoms with Gasteiger partial charge in [0.1, 0.15) is 17.0 Å². The first-order chi connectivity index (χ1) is 16.1. The van der Waals surface area contributed by atoms with Gasteiger partial charge in [0.15, 0.2) is 11.6 Å². The molecule has 2 aliphatic rings. The van der Waals surface area contributed by atoms with Crippen LogP contribution in [-0.2, 0) is 0 Å². The zero-order valence-electron chi connectivity index (χ0n) is 17.9. The lowest BCUT2D eigenvalue weighted by atomic mass is 9.94. The average Bonchev–Trinajstić information content (AvgIpc) is 3.19. The fourth-order valence-electron chi connectivity index (χ4n) is 5.20. The van der Waals surface area contributed by atoms with Crippen LogP contribution in [0.4, 0.5) is 14.5 Å². The van der Waals surface area contributed by atoms with Crippen LogP contribution in [-0.4, -0.2) is 42.3 Å². The molecule has 2 saturated heterocycles. The fraction of sp³-hybridized carbons (Fsp3) is 0.231. The number of nitrogens with zero attached hydrogens (tertiary/aromatic N) is 3. The molecule has 164 valence electrons. The molecule has 0 aliphatic carbocycles.